The number of para-hydroxylation sites is 1. The summed E-state index contributed by atoms with van der Waals surface area (Å²) < 4.78 is 5.28. The van der Waals surface area contributed by atoms with Crippen LogP contribution in [0.25, 0.3) is 0 Å². The molecule has 5 nitrogen and oxygen atoms in total. The number of ether oxygens (including phenoxy) is 1. The highest BCUT2D eigenvalue weighted by Gasteiger charge is 2.06. The van der Waals surface area contributed by atoms with Gasteiger partial charge in [-0.2, -0.15) is 4.98 Å². The van der Waals surface area contributed by atoms with Crippen LogP contribution in [0.2, 0.25) is 0 Å². The van der Waals surface area contributed by atoms with Crippen molar-refractivity contribution in [2.24, 2.45) is 0 Å². The minimum absolute atomic E-state index is 0.611. The first-order chi connectivity index (χ1) is 13.2. The van der Waals surface area contributed by atoms with Crippen molar-refractivity contribution >= 4 is 17.5 Å². The number of methoxy groups -OCH3 is 1. The lowest BCUT2D eigenvalue weighted by atomic mass is 10.1. The maximum atomic E-state index is 5.28. The van der Waals surface area contributed by atoms with Crippen molar-refractivity contribution in [3.05, 3.63) is 71.4 Å². The highest BCUT2D eigenvalue weighted by Crippen LogP contribution is 2.20. The van der Waals surface area contributed by atoms with Gasteiger partial charge in [0.1, 0.15) is 11.6 Å². The quantitative estimate of drug-likeness (QED) is 0.605. The standard InChI is InChI=1S/C22H26N4O/c1-4-18-9-5-6-11-20(18)25-22-24-16(2)14-21(26-22)23-13-12-17-8-7-10-19(15-17)27-3/h5-11,14-15H,4,12-13H2,1-3H3,(H2,23,24,25,26). The van der Waals surface area contributed by atoms with Crippen LogP contribution < -0.4 is 15.4 Å². The number of hydrogen-bond acceptors (Lipinski definition) is 5. The van der Waals surface area contributed by atoms with E-state index in [1.165, 1.54) is 11.1 Å². The summed E-state index contributed by atoms with van der Waals surface area (Å²) in [5.41, 5.74) is 4.44. The van der Waals surface area contributed by atoms with Crippen LogP contribution in [0.1, 0.15) is 23.7 Å². The third kappa shape index (κ3) is 5.20. The minimum atomic E-state index is 0.611. The summed E-state index contributed by atoms with van der Waals surface area (Å²) in [6.45, 7) is 4.91. The molecule has 0 unspecified atom stereocenters. The SMILES string of the molecule is CCc1ccccc1Nc1nc(C)cc(NCCc2cccc(OC)c2)n1. The Kier molecular flexibility index (Phi) is 6.26. The second-order valence-corrected chi connectivity index (χ2v) is 6.38. The third-order valence-corrected chi connectivity index (χ3v) is 4.35. The summed E-state index contributed by atoms with van der Waals surface area (Å²) in [6, 6.07) is 18.3. The zero-order valence-corrected chi connectivity index (χ0v) is 16.1. The number of anilines is 3. The van der Waals surface area contributed by atoms with Crippen LogP contribution in [0, 0.1) is 6.92 Å². The van der Waals surface area contributed by atoms with Crippen LogP contribution in [0.4, 0.5) is 17.5 Å². The Bertz CT molecular complexity index is 895. The van der Waals surface area contributed by atoms with Crippen LogP contribution >= 0.6 is 0 Å². The lowest BCUT2D eigenvalue weighted by Crippen LogP contribution is -2.09. The topological polar surface area (TPSA) is 59.1 Å². The van der Waals surface area contributed by atoms with Crippen molar-refractivity contribution in [3.8, 4) is 5.75 Å². The van der Waals surface area contributed by atoms with Gasteiger partial charge in [0, 0.05) is 24.0 Å². The molecule has 3 aromatic rings. The summed E-state index contributed by atoms with van der Waals surface area (Å²) in [6.07, 6.45) is 1.85. The minimum Gasteiger partial charge on any atom is -0.497 e. The van der Waals surface area contributed by atoms with Crippen LogP contribution in [0.3, 0.4) is 0 Å². The molecule has 2 N–H and O–H groups in total. The molecule has 0 spiro atoms. The Labute approximate surface area is 160 Å². The normalized spacial score (nSPS) is 10.5. The number of aryl methyl sites for hydroxylation is 2. The molecule has 0 aliphatic carbocycles. The molecule has 0 saturated carbocycles. The second kappa shape index (κ2) is 9.03. The average molecular weight is 362 g/mol. The van der Waals surface area contributed by atoms with Crippen molar-refractivity contribution in [2.75, 3.05) is 24.3 Å². The molecule has 0 saturated heterocycles. The number of hydrogen-bond donors (Lipinski definition) is 2. The molecular formula is C22H26N4O. The molecule has 0 amide bonds. The van der Waals surface area contributed by atoms with Crippen LogP contribution in [-0.2, 0) is 12.8 Å². The number of nitrogens with one attached hydrogen (secondary N) is 2. The van der Waals surface area contributed by atoms with Gasteiger partial charge in [-0.15, -0.1) is 0 Å². The summed E-state index contributed by atoms with van der Waals surface area (Å²) in [4.78, 5) is 9.13. The molecule has 0 atom stereocenters. The van der Waals surface area contributed by atoms with Crippen molar-refractivity contribution in [3.63, 3.8) is 0 Å². The van der Waals surface area contributed by atoms with Crippen molar-refractivity contribution < 1.29 is 4.74 Å². The Morgan fingerprint density at radius 3 is 2.67 bits per heavy atom. The molecular weight excluding hydrogens is 336 g/mol. The molecule has 1 heterocycles. The Hall–Kier alpha value is -3.08. The maximum absolute atomic E-state index is 5.28. The van der Waals surface area contributed by atoms with Crippen LogP contribution in [0.5, 0.6) is 5.75 Å². The summed E-state index contributed by atoms with van der Waals surface area (Å²) in [5, 5.41) is 6.74. The van der Waals surface area contributed by atoms with Gasteiger partial charge in [0.15, 0.2) is 0 Å². The number of aromatic nitrogens is 2. The van der Waals surface area contributed by atoms with Gasteiger partial charge in [0.2, 0.25) is 5.95 Å². The van der Waals surface area contributed by atoms with Crippen LogP contribution in [0.15, 0.2) is 54.6 Å². The van der Waals surface area contributed by atoms with Gasteiger partial charge in [-0.25, -0.2) is 4.98 Å². The van der Waals surface area contributed by atoms with E-state index in [0.717, 1.165) is 42.3 Å². The van der Waals surface area contributed by atoms with E-state index in [0.29, 0.717) is 5.95 Å². The Morgan fingerprint density at radius 2 is 1.85 bits per heavy atom. The van der Waals surface area contributed by atoms with E-state index in [1.807, 2.05) is 37.3 Å². The fourth-order valence-electron chi connectivity index (χ4n) is 2.95. The molecule has 0 aliphatic rings. The smallest absolute Gasteiger partial charge is 0.229 e. The van der Waals surface area contributed by atoms with Gasteiger partial charge in [0.05, 0.1) is 7.11 Å². The first kappa shape index (κ1) is 18.7. The molecule has 5 heteroatoms. The van der Waals surface area contributed by atoms with Gasteiger partial charge in [-0.05, 0) is 49.1 Å². The van der Waals surface area contributed by atoms with Crippen molar-refractivity contribution in [1.82, 2.24) is 9.97 Å². The maximum Gasteiger partial charge on any atom is 0.229 e. The highest BCUT2D eigenvalue weighted by atomic mass is 16.5. The molecule has 0 aliphatic heterocycles. The first-order valence-corrected chi connectivity index (χ1v) is 9.25. The number of rotatable bonds is 8. The first-order valence-electron chi connectivity index (χ1n) is 9.25. The lowest BCUT2D eigenvalue weighted by Gasteiger charge is -2.12. The average Bonchev–Trinajstić information content (AvgIpc) is 2.68. The molecule has 0 fully saturated rings. The monoisotopic (exact) mass is 362 g/mol. The van der Waals surface area contributed by atoms with E-state index in [-0.39, 0.29) is 0 Å². The third-order valence-electron chi connectivity index (χ3n) is 4.35. The van der Waals surface area contributed by atoms with E-state index in [1.54, 1.807) is 7.11 Å². The van der Waals surface area contributed by atoms with E-state index in [9.17, 15) is 0 Å². The van der Waals surface area contributed by atoms with Gasteiger partial charge < -0.3 is 15.4 Å². The molecule has 3 rings (SSSR count). The van der Waals surface area contributed by atoms with Gasteiger partial charge in [0.25, 0.3) is 0 Å². The molecule has 0 radical (unpaired) electrons. The van der Waals surface area contributed by atoms with E-state index < -0.39 is 0 Å². The van der Waals surface area contributed by atoms with E-state index in [2.05, 4.69) is 51.8 Å². The summed E-state index contributed by atoms with van der Waals surface area (Å²) in [7, 11) is 1.69. The molecule has 1 aromatic heterocycles. The Balaban J connectivity index is 1.66. The van der Waals surface area contributed by atoms with Crippen LogP contribution in [-0.4, -0.2) is 23.6 Å². The zero-order chi connectivity index (χ0) is 19.1. The van der Waals surface area contributed by atoms with Gasteiger partial charge in [-0.1, -0.05) is 37.3 Å². The highest BCUT2D eigenvalue weighted by molar-refractivity contribution is 5.59. The predicted octanol–water partition coefficient (Wildman–Crippen LogP) is 4.75. The van der Waals surface area contributed by atoms with Gasteiger partial charge in [-0.3, -0.25) is 0 Å². The molecule has 27 heavy (non-hydrogen) atoms. The second-order valence-electron chi connectivity index (χ2n) is 6.38. The fraction of sp³-hybridized carbons (Fsp3) is 0.273. The molecule has 140 valence electrons. The fourth-order valence-corrected chi connectivity index (χ4v) is 2.95. The van der Waals surface area contributed by atoms with E-state index in [4.69, 9.17) is 4.74 Å². The van der Waals surface area contributed by atoms with Crippen molar-refractivity contribution in [2.45, 2.75) is 26.7 Å². The molecule has 0 bridgehead atoms. The Morgan fingerprint density at radius 1 is 1.00 bits per heavy atom. The number of benzene rings is 2. The lowest BCUT2D eigenvalue weighted by molar-refractivity contribution is 0.414. The summed E-state index contributed by atoms with van der Waals surface area (Å²) in [5.74, 6) is 2.31. The molecule has 2 aromatic carbocycles. The largest absolute Gasteiger partial charge is 0.497 e. The number of nitrogens with zero attached hydrogens (tertiary/aromatic N) is 2. The van der Waals surface area contributed by atoms with Gasteiger partial charge >= 0.3 is 0 Å². The predicted molar refractivity (Wildman–Crippen MR) is 111 cm³/mol. The zero-order valence-electron chi connectivity index (χ0n) is 16.1. The summed E-state index contributed by atoms with van der Waals surface area (Å²) >= 11 is 0. The van der Waals surface area contributed by atoms with E-state index >= 15 is 0 Å². The van der Waals surface area contributed by atoms with Crippen molar-refractivity contribution in [1.29, 1.82) is 0 Å².